The van der Waals surface area contributed by atoms with Crippen LogP contribution in [-0.2, 0) is 6.54 Å². The second kappa shape index (κ2) is 4.40. The fourth-order valence-electron chi connectivity index (χ4n) is 1.39. The van der Waals surface area contributed by atoms with E-state index in [9.17, 15) is 0 Å². The van der Waals surface area contributed by atoms with Gasteiger partial charge < -0.3 is 5.32 Å². The van der Waals surface area contributed by atoms with Crippen molar-refractivity contribution in [2.24, 2.45) is 0 Å². The largest absolute Gasteiger partial charge is 0.379 e. The molecule has 2 aromatic heterocycles. The maximum absolute atomic E-state index is 4.40. The van der Waals surface area contributed by atoms with Crippen LogP contribution in [0.5, 0.6) is 0 Å². The van der Waals surface area contributed by atoms with E-state index in [1.165, 1.54) is 4.88 Å². The van der Waals surface area contributed by atoms with E-state index in [0.717, 1.165) is 23.6 Å². The van der Waals surface area contributed by atoms with E-state index < -0.39 is 0 Å². The minimum absolute atomic E-state index is 0.816. The highest BCUT2D eigenvalue weighted by atomic mass is 32.1. The molecule has 0 aromatic carbocycles. The number of aryl methyl sites for hydroxylation is 2. The van der Waals surface area contributed by atoms with Gasteiger partial charge in [0.05, 0.1) is 23.4 Å². The average Bonchev–Trinajstić information content (AvgIpc) is 2.69. The summed E-state index contributed by atoms with van der Waals surface area (Å²) in [6.45, 7) is 4.83. The van der Waals surface area contributed by atoms with E-state index in [1.807, 2.05) is 31.6 Å². The Bertz CT molecular complexity index is 437. The Labute approximate surface area is 93.2 Å². The molecule has 0 aliphatic rings. The third-order valence-corrected chi connectivity index (χ3v) is 2.94. The van der Waals surface area contributed by atoms with Gasteiger partial charge >= 0.3 is 0 Å². The van der Waals surface area contributed by atoms with Crippen LogP contribution in [0.2, 0.25) is 0 Å². The van der Waals surface area contributed by atoms with E-state index in [4.69, 9.17) is 0 Å². The predicted molar refractivity (Wildman–Crippen MR) is 63.2 cm³/mol. The van der Waals surface area contributed by atoms with Gasteiger partial charge in [0.25, 0.3) is 0 Å². The van der Waals surface area contributed by atoms with Crippen LogP contribution in [0.3, 0.4) is 0 Å². The molecule has 0 saturated carbocycles. The molecule has 0 atom stereocenters. The Hall–Kier alpha value is -1.42. The van der Waals surface area contributed by atoms with Crippen molar-refractivity contribution in [1.29, 1.82) is 0 Å². The third-order valence-electron chi connectivity index (χ3n) is 2.16. The molecule has 2 rings (SSSR count). The van der Waals surface area contributed by atoms with Gasteiger partial charge in [-0.15, -0.1) is 11.3 Å². The number of hydrogen-bond acceptors (Lipinski definition) is 4. The molecule has 2 heterocycles. The van der Waals surface area contributed by atoms with Crippen LogP contribution in [0.25, 0.3) is 0 Å². The highest BCUT2D eigenvalue weighted by molar-refractivity contribution is 7.09. The zero-order valence-electron chi connectivity index (χ0n) is 8.82. The summed E-state index contributed by atoms with van der Waals surface area (Å²) in [4.78, 5) is 9.66. The average molecular weight is 219 g/mol. The Kier molecular flexibility index (Phi) is 2.97. The molecule has 0 aliphatic heterocycles. The van der Waals surface area contributed by atoms with Crippen molar-refractivity contribution in [2.75, 3.05) is 5.32 Å². The fraction of sp³-hybridized carbons (Fsp3) is 0.273. The van der Waals surface area contributed by atoms with Gasteiger partial charge in [-0.1, -0.05) is 0 Å². The molecular weight excluding hydrogens is 206 g/mol. The minimum Gasteiger partial charge on any atom is -0.379 e. The molecule has 0 aliphatic carbocycles. The minimum atomic E-state index is 0.816. The van der Waals surface area contributed by atoms with Gasteiger partial charge in [0.15, 0.2) is 0 Å². The van der Waals surface area contributed by atoms with Gasteiger partial charge in [-0.3, -0.25) is 9.97 Å². The topological polar surface area (TPSA) is 37.8 Å². The number of nitrogens with zero attached hydrogens (tertiary/aromatic N) is 2. The first kappa shape index (κ1) is 10.1. The maximum atomic E-state index is 4.40. The van der Waals surface area contributed by atoms with Crippen LogP contribution in [0, 0.1) is 13.8 Å². The van der Waals surface area contributed by atoms with E-state index in [1.54, 1.807) is 11.3 Å². The second-order valence-corrected chi connectivity index (χ2v) is 4.38. The summed E-state index contributed by atoms with van der Waals surface area (Å²) in [6.07, 6.45) is 1.88. The lowest BCUT2D eigenvalue weighted by Crippen LogP contribution is -2.01. The van der Waals surface area contributed by atoms with Crippen LogP contribution in [0.15, 0.2) is 23.8 Å². The lowest BCUT2D eigenvalue weighted by atomic mass is 10.2. The van der Waals surface area contributed by atoms with Crippen molar-refractivity contribution in [1.82, 2.24) is 9.97 Å². The number of nitrogens with one attached hydrogen (secondary N) is 1. The summed E-state index contributed by atoms with van der Waals surface area (Å²) in [6, 6.07) is 4.08. The molecule has 0 amide bonds. The molecule has 0 saturated heterocycles. The first-order valence-electron chi connectivity index (χ1n) is 4.81. The highest BCUT2D eigenvalue weighted by Gasteiger charge is 2.00. The second-order valence-electron chi connectivity index (χ2n) is 3.41. The van der Waals surface area contributed by atoms with Crippen LogP contribution >= 0.6 is 11.3 Å². The van der Waals surface area contributed by atoms with Crippen LogP contribution in [0.1, 0.15) is 16.3 Å². The van der Waals surface area contributed by atoms with Crippen molar-refractivity contribution < 1.29 is 0 Å². The molecule has 2 aromatic rings. The van der Waals surface area contributed by atoms with E-state index in [-0.39, 0.29) is 0 Å². The summed E-state index contributed by atoms with van der Waals surface area (Å²) < 4.78 is 0. The highest BCUT2D eigenvalue weighted by Crippen LogP contribution is 2.15. The number of aromatic nitrogens is 2. The van der Waals surface area contributed by atoms with Crippen molar-refractivity contribution in [3.8, 4) is 0 Å². The van der Waals surface area contributed by atoms with Crippen molar-refractivity contribution in [3.63, 3.8) is 0 Å². The van der Waals surface area contributed by atoms with Crippen molar-refractivity contribution in [2.45, 2.75) is 20.4 Å². The van der Waals surface area contributed by atoms with Gasteiger partial charge in [-0.25, -0.2) is 0 Å². The first-order valence-corrected chi connectivity index (χ1v) is 5.69. The van der Waals surface area contributed by atoms with Crippen molar-refractivity contribution >= 4 is 17.0 Å². The zero-order chi connectivity index (χ0) is 10.7. The molecule has 0 fully saturated rings. The summed E-state index contributed by atoms with van der Waals surface area (Å²) >= 11 is 1.66. The molecular formula is C11H13N3S. The summed E-state index contributed by atoms with van der Waals surface area (Å²) in [5.41, 5.74) is 5.03. The molecule has 78 valence electrons. The Balaban J connectivity index is 2.05. The third kappa shape index (κ3) is 2.53. The lowest BCUT2D eigenvalue weighted by molar-refractivity contribution is 1.09. The molecule has 15 heavy (non-hydrogen) atoms. The van der Waals surface area contributed by atoms with Crippen molar-refractivity contribution in [3.05, 3.63) is 40.1 Å². The molecule has 4 heteroatoms. The van der Waals surface area contributed by atoms with E-state index in [2.05, 4.69) is 21.4 Å². The quantitative estimate of drug-likeness (QED) is 0.862. The predicted octanol–water partition coefficient (Wildman–Crippen LogP) is 2.77. The van der Waals surface area contributed by atoms with Gasteiger partial charge in [0.2, 0.25) is 0 Å². The molecule has 3 nitrogen and oxygen atoms in total. The number of thiazole rings is 1. The Morgan fingerprint density at radius 3 is 2.87 bits per heavy atom. The number of anilines is 1. The maximum Gasteiger partial charge on any atom is 0.0794 e. The van der Waals surface area contributed by atoms with Crippen LogP contribution < -0.4 is 5.32 Å². The molecule has 0 unspecified atom stereocenters. The van der Waals surface area contributed by atoms with Gasteiger partial charge in [0, 0.05) is 16.8 Å². The smallest absolute Gasteiger partial charge is 0.0794 e. The van der Waals surface area contributed by atoms with E-state index >= 15 is 0 Å². The monoisotopic (exact) mass is 219 g/mol. The molecule has 0 spiro atoms. The number of rotatable bonds is 3. The number of pyridine rings is 1. The van der Waals surface area contributed by atoms with Gasteiger partial charge in [-0.05, 0) is 26.0 Å². The standard InChI is InChI=1S/C11H13N3S/c1-8-3-4-11(9(2)14-8)13-6-10-5-12-7-15-10/h3-5,7,13H,6H2,1-2H3. The normalized spacial score (nSPS) is 10.3. The summed E-state index contributed by atoms with van der Waals surface area (Å²) in [5, 5.41) is 3.35. The number of hydrogen-bond donors (Lipinski definition) is 1. The Morgan fingerprint density at radius 2 is 2.20 bits per heavy atom. The zero-order valence-corrected chi connectivity index (χ0v) is 9.64. The summed E-state index contributed by atoms with van der Waals surface area (Å²) in [7, 11) is 0. The molecule has 1 N–H and O–H groups in total. The molecule has 0 bridgehead atoms. The van der Waals surface area contributed by atoms with Crippen LogP contribution in [0.4, 0.5) is 5.69 Å². The Morgan fingerprint density at radius 1 is 1.33 bits per heavy atom. The van der Waals surface area contributed by atoms with E-state index in [0.29, 0.717) is 0 Å². The summed E-state index contributed by atoms with van der Waals surface area (Å²) in [5.74, 6) is 0. The lowest BCUT2D eigenvalue weighted by Gasteiger charge is -2.07. The van der Waals surface area contributed by atoms with Gasteiger partial charge in [-0.2, -0.15) is 0 Å². The first-order chi connectivity index (χ1) is 7.25. The van der Waals surface area contributed by atoms with Crippen LogP contribution in [-0.4, -0.2) is 9.97 Å². The SMILES string of the molecule is Cc1ccc(NCc2cncs2)c(C)n1. The molecule has 0 radical (unpaired) electrons. The van der Waals surface area contributed by atoms with Gasteiger partial charge in [0.1, 0.15) is 0 Å². The fourth-order valence-corrected chi connectivity index (χ4v) is 1.92.